The maximum Gasteiger partial charge on any atom is 0.253 e. The van der Waals surface area contributed by atoms with Crippen molar-refractivity contribution in [2.45, 2.75) is 26.4 Å². The van der Waals surface area contributed by atoms with Crippen molar-refractivity contribution in [2.24, 2.45) is 0 Å². The van der Waals surface area contributed by atoms with E-state index in [1.807, 2.05) is 43.3 Å². The molecule has 0 saturated carbocycles. The molecule has 0 unspecified atom stereocenters. The van der Waals surface area contributed by atoms with Crippen molar-refractivity contribution in [1.82, 2.24) is 4.57 Å². The summed E-state index contributed by atoms with van der Waals surface area (Å²) in [6, 6.07) is 17.6. The van der Waals surface area contributed by atoms with E-state index in [1.165, 1.54) is 5.56 Å². The number of furan rings is 1. The number of hydrogen-bond acceptors (Lipinski definition) is 3. The highest BCUT2D eigenvalue weighted by molar-refractivity contribution is 5.45. The molecule has 2 aromatic heterocycles. The number of aromatic nitrogens is 1. The predicted molar refractivity (Wildman–Crippen MR) is 91.7 cm³/mol. The fourth-order valence-electron chi connectivity index (χ4n) is 2.65. The van der Waals surface area contributed by atoms with Crippen LogP contribution >= 0.6 is 0 Å². The number of nitrogens with zero attached hydrogens (tertiary/aromatic N) is 1. The van der Waals surface area contributed by atoms with Crippen LogP contribution in [0.25, 0.3) is 0 Å². The van der Waals surface area contributed by atoms with Crippen LogP contribution in [-0.2, 0) is 6.54 Å². The maximum atomic E-state index is 12.4. The lowest BCUT2D eigenvalue weighted by atomic mass is 10.1. The van der Waals surface area contributed by atoms with E-state index in [-0.39, 0.29) is 11.6 Å². The predicted octanol–water partition coefficient (Wildman–Crippen LogP) is 3.97. The Hall–Kier alpha value is -2.75. The van der Waals surface area contributed by atoms with Crippen LogP contribution in [0, 0.1) is 6.92 Å². The molecule has 4 heteroatoms. The highest BCUT2D eigenvalue weighted by Crippen LogP contribution is 2.19. The van der Waals surface area contributed by atoms with Crippen molar-refractivity contribution in [3.05, 3.63) is 88.2 Å². The van der Waals surface area contributed by atoms with Gasteiger partial charge >= 0.3 is 0 Å². The first-order chi connectivity index (χ1) is 11.1. The number of nitrogens with one attached hydrogen (secondary N) is 1. The van der Waals surface area contributed by atoms with Crippen molar-refractivity contribution < 1.29 is 4.42 Å². The summed E-state index contributed by atoms with van der Waals surface area (Å²) in [6.07, 6.45) is 1.62. The van der Waals surface area contributed by atoms with Gasteiger partial charge in [0.2, 0.25) is 0 Å². The van der Waals surface area contributed by atoms with E-state index in [0.29, 0.717) is 6.54 Å². The molecule has 0 aliphatic rings. The maximum absolute atomic E-state index is 12.4. The number of hydrogen-bond donors (Lipinski definition) is 1. The van der Waals surface area contributed by atoms with E-state index in [0.717, 1.165) is 17.1 Å². The Morgan fingerprint density at radius 2 is 1.91 bits per heavy atom. The van der Waals surface area contributed by atoms with Crippen LogP contribution in [-0.4, -0.2) is 4.57 Å². The highest BCUT2D eigenvalue weighted by Gasteiger charge is 2.09. The lowest BCUT2D eigenvalue weighted by molar-refractivity contribution is 0.487. The molecule has 1 aromatic carbocycles. The molecular weight excluding hydrogens is 288 g/mol. The number of aryl methyl sites for hydroxylation is 1. The second-order valence-electron chi connectivity index (χ2n) is 5.67. The van der Waals surface area contributed by atoms with Gasteiger partial charge in [-0.25, -0.2) is 0 Å². The van der Waals surface area contributed by atoms with Crippen molar-refractivity contribution in [1.29, 1.82) is 0 Å². The molecule has 118 valence electrons. The molecule has 2 heterocycles. The zero-order chi connectivity index (χ0) is 16.2. The van der Waals surface area contributed by atoms with E-state index in [1.54, 1.807) is 16.9 Å². The zero-order valence-corrected chi connectivity index (χ0v) is 13.3. The monoisotopic (exact) mass is 308 g/mol. The quantitative estimate of drug-likeness (QED) is 0.776. The summed E-state index contributed by atoms with van der Waals surface area (Å²) in [5.41, 5.74) is 2.88. The Bertz CT molecular complexity index is 820. The van der Waals surface area contributed by atoms with Crippen LogP contribution in [0.5, 0.6) is 0 Å². The Labute approximate surface area is 135 Å². The first-order valence-corrected chi connectivity index (χ1v) is 7.69. The van der Waals surface area contributed by atoms with Crippen LogP contribution in [0.2, 0.25) is 0 Å². The molecule has 3 rings (SSSR count). The average molecular weight is 308 g/mol. The second kappa shape index (κ2) is 6.57. The Balaban J connectivity index is 1.81. The highest BCUT2D eigenvalue weighted by atomic mass is 16.3. The molecule has 0 fully saturated rings. The van der Waals surface area contributed by atoms with Crippen LogP contribution in [0.15, 0.2) is 70.1 Å². The molecule has 1 N–H and O–H groups in total. The van der Waals surface area contributed by atoms with Crippen molar-refractivity contribution in [2.75, 3.05) is 5.32 Å². The summed E-state index contributed by atoms with van der Waals surface area (Å²) >= 11 is 0. The molecule has 0 bridgehead atoms. The number of anilines is 1. The van der Waals surface area contributed by atoms with Gasteiger partial charge in [-0.1, -0.05) is 30.3 Å². The first-order valence-electron chi connectivity index (χ1n) is 7.69. The molecular formula is C19H20N2O2. The van der Waals surface area contributed by atoms with E-state index < -0.39 is 0 Å². The van der Waals surface area contributed by atoms with Gasteiger partial charge < -0.3 is 14.3 Å². The van der Waals surface area contributed by atoms with Crippen molar-refractivity contribution in [3.63, 3.8) is 0 Å². The van der Waals surface area contributed by atoms with Crippen molar-refractivity contribution >= 4 is 5.69 Å². The van der Waals surface area contributed by atoms with E-state index in [4.69, 9.17) is 4.42 Å². The average Bonchev–Trinajstić information content (AvgIpc) is 3.05. The fraction of sp³-hybridized carbons (Fsp3) is 0.211. The summed E-state index contributed by atoms with van der Waals surface area (Å²) in [6.45, 7) is 4.47. The minimum atomic E-state index is -0.0378. The minimum Gasteiger partial charge on any atom is -0.467 e. The number of rotatable bonds is 5. The molecule has 0 aliphatic carbocycles. The summed E-state index contributed by atoms with van der Waals surface area (Å²) in [7, 11) is 0. The molecule has 0 aliphatic heterocycles. The van der Waals surface area contributed by atoms with Gasteiger partial charge in [0.25, 0.3) is 5.56 Å². The first kappa shape index (κ1) is 15.2. The Kier molecular flexibility index (Phi) is 4.33. The van der Waals surface area contributed by atoms with Crippen molar-refractivity contribution in [3.8, 4) is 0 Å². The molecule has 0 spiro atoms. The summed E-state index contributed by atoms with van der Waals surface area (Å²) < 4.78 is 7.03. The number of pyridine rings is 1. The third-order valence-corrected chi connectivity index (χ3v) is 3.91. The number of benzene rings is 1. The largest absolute Gasteiger partial charge is 0.467 e. The molecule has 0 amide bonds. The minimum absolute atomic E-state index is 0.0378. The van der Waals surface area contributed by atoms with Gasteiger partial charge in [-0.05, 0) is 37.6 Å². The summed E-state index contributed by atoms with van der Waals surface area (Å²) in [4.78, 5) is 12.4. The molecule has 1 atom stereocenters. The SMILES string of the molecule is Cc1cc(N[C@@H](C)c2ccccc2)cc(=O)n1Cc1ccco1. The molecule has 3 aromatic rings. The molecule has 4 nitrogen and oxygen atoms in total. The Morgan fingerprint density at radius 1 is 1.13 bits per heavy atom. The van der Waals surface area contributed by atoms with E-state index in [2.05, 4.69) is 24.4 Å². The fourth-order valence-corrected chi connectivity index (χ4v) is 2.65. The molecule has 0 radical (unpaired) electrons. The lowest BCUT2D eigenvalue weighted by Crippen LogP contribution is -2.23. The summed E-state index contributed by atoms with van der Waals surface area (Å²) in [5.74, 6) is 0.772. The van der Waals surface area contributed by atoms with Gasteiger partial charge in [0.1, 0.15) is 5.76 Å². The van der Waals surface area contributed by atoms with Gasteiger partial charge in [-0.3, -0.25) is 4.79 Å². The standard InChI is InChI=1S/C19H20N2O2/c1-14-11-17(20-15(2)16-7-4-3-5-8-16)12-19(22)21(14)13-18-9-6-10-23-18/h3-12,15,20H,13H2,1-2H3/t15-/m0/s1. The third-order valence-electron chi connectivity index (χ3n) is 3.91. The third kappa shape index (κ3) is 3.54. The van der Waals surface area contributed by atoms with E-state index in [9.17, 15) is 4.79 Å². The second-order valence-corrected chi connectivity index (χ2v) is 5.67. The van der Waals surface area contributed by atoms with Crippen LogP contribution < -0.4 is 10.9 Å². The van der Waals surface area contributed by atoms with Gasteiger partial charge in [-0.2, -0.15) is 0 Å². The summed E-state index contributed by atoms with van der Waals surface area (Å²) in [5, 5.41) is 3.39. The lowest BCUT2D eigenvalue weighted by Gasteiger charge is -2.17. The molecule has 0 saturated heterocycles. The normalized spacial score (nSPS) is 12.1. The van der Waals surface area contributed by atoms with Gasteiger partial charge in [-0.15, -0.1) is 0 Å². The Morgan fingerprint density at radius 3 is 2.57 bits per heavy atom. The van der Waals surface area contributed by atoms with Gasteiger partial charge in [0.05, 0.1) is 12.8 Å². The van der Waals surface area contributed by atoms with Crippen LogP contribution in [0.4, 0.5) is 5.69 Å². The van der Waals surface area contributed by atoms with Crippen LogP contribution in [0.3, 0.4) is 0 Å². The van der Waals surface area contributed by atoms with Gasteiger partial charge in [0.15, 0.2) is 0 Å². The molecule has 23 heavy (non-hydrogen) atoms. The van der Waals surface area contributed by atoms with E-state index >= 15 is 0 Å². The zero-order valence-electron chi connectivity index (χ0n) is 13.3. The van der Waals surface area contributed by atoms with Crippen LogP contribution in [0.1, 0.15) is 30.0 Å². The smallest absolute Gasteiger partial charge is 0.253 e. The topological polar surface area (TPSA) is 47.2 Å². The van der Waals surface area contributed by atoms with Gasteiger partial charge in [0, 0.05) is 23.5 Å².